The van der Waals surface area contributed by atoms with Crippen LogP contribution in [0.2, 0.25) is 0 Å². The van der Waals surface area contributed by atoms with E-state index in [1.54, 1.807) is 0 Å². The molecule has 5 nitrogen and oxygen atoms in total. The minimum absolute atomic E-state index is 0.0744. The molecule has 2 heterocycles. The Morgan fingerprint density at radius 3 is 2.67 bits per heavy atom. The topological polar surface area (TPSA) is 72.8 Å². The summed E-state index contributed by atoms with van der Waals surface area (Å²) in [4.78, 5) is 22.5. The third-order valence-corrected chi connectivity index (χ3v) is 3.59. The lowest BCUT2D eigenvalue weighted by molar-refractivity contribution is -0.156. The summed E-state index contributed by atoms with van der Waals surface area (Å²) in [6, 6.07) is 0. The van der Waals surface area contributed by atoms with E-state index in [-0.39, 0.29) is 5.25 Å². The normalized spacial score (nSPS) is 42.9. The smallest absolute Gasteiger partial charge is 0.312 e. The van der Waals surface area contributed by atoms with Gasteiger partial charge in [0.05, 0.1) is 31.2 Å². The van der Waals surface area contributed by atoms with Crippen LogP contribution in [0, 0.1) is 11.8 Å². The number of methoxy groups -OCH3 is 1. The van der Waals surface area contributed by atoms with Crippen LogP contribution in [0.4, 0.5) is 0 Å². The average molecular weight is 232 g/mol. The van der Waals surface area contributed by atoms with Crippen molar-refractivity contribution in [2.45, 2.75) is 23.9 Å². The van der Waals surface area contributed by atoms with Gasteiger partial charge in [-0.2, -0.15) is 12.6 Å². The molecule has 5 unspecified atom stereocenters. The summed E-state index contributed by atoms with van der Waals surface area (Å²) in [5, 5.41) is 8.95. The molecule has 0 aliphatic carbocycles. The Labute approximate surface area is 92.1 Å². The van der Waals surface area contributed by atoms with E-state index in [4.69, 9.17) is 9.84 Å². The Bertz CT molecular complexity index is 305. The Hall–Kier alpha value is -0.750. The van der Waals surface area contributed by atoms with Crippen LogP contribution in [0.25, 0.3) is 0 Å². The second-order valence-electron chi connectivity index (χ2n) is 3.86. The zero-order valence-corrected chi connectivity index (χ0v) is 9.02. The summed E-state index contributed by atoms with van der Waals surface area (Å²) in [6.07, 6.45) is -0.246. The Morgan fingerprint density at radius 2 is 2.13 bits per heavy atom. The number of ether oxygens (including phenoxy) is 2. The molecule has 0 spiro atoms. The fourth-order valence-electron chi connectivity index (χ4n) is 2.44. The minimum atomic E-state index is -1.00. The van der Waals surface area contributed by atoms with Gasteiger partial charge in [-0.25, -0.2) is 0 Å². The maximum atomic E-state index is 11.5. The van der Waals surface area contributed by atoms with Gasteiger partial charge in [0.2, 0.25) is 0 Å². The molecule has 0 aromatic heterocycles. The first kappa shape index (κ1) is 10.8. The number of hydrogen-bond acceptors (Lipinski definition) is 5. The fourth-order valence-corrected chi connectivity index (χ4v) is 2.90. The molecule has 2 bridgehead atoms. The molecule has 2 fully saturated rings. The standard InChI is InChI=1S/C9H12O5S/c1-13-9(12)6-5(8(10)11)3-2-4(15)7(6)14-3/h3-7,15H,2H2,1H3,(H,10,11). The lowest BCUT2D eigenvalue weighted by Gasteiger charge is -2.25. The summed E-state index contributed by atoms with van der Waals surface area (Å²) in [7, 11) is 1.25. The lowest BCUT2D eigenvalue weighted by Crippen LogP contribution is -2.43. The van der Waals surface area contributed by atoms with E-state index < -0.39 is 36.0 Å². The Balaban J connectivity index is 2.25. The van der Waals surface area contributed by atoms with Crippen LogP contribution >= 0.6 is 12.6 Å². The molecule has 0 aromatic rings. The first-order chi connectivity index (χ1) is 7.06. The summed E-state index contributed by atoms with van der Waals surface area (Å²) < 4.78 is 10.0. The first-order valence-corrected chi connectivity index (χ1v) is 5.22. The van der Waals surface area contributed by atoms with Gasteiger partial charge < -0.3 is 14.6 Å². The molecule has 2 aliphatic heterocycles. The van der Waals surface area contributed by atoms with Gasteiger partial charge in [0, 0.05) is 5.25 Å². The van der Waals surface area contributed by atoms with E-state index in [1.807, 2.05) is 0 Å². The van der Waals surface area contributed by atoms with Crippen LogP contribution in [0.5, 0.6) is 0 Å². The molecule has 5 atom stereocenters. The van der Waals surface area contributed by atoms with Crippen molar-refractivity contribution in [3.05, 3.63) is 0 Å². The highest BCUT2D eigenvalue weighted by Gasteiger charge is 2.59. The molecule has 0 saturated carbocycles. The highest BCUT2D eigenvalue weighted by Crippen LogP contribution is 2.46. The van der Waals surface area contributed by atoms with Crippen LogP contribution in [0.15, 0.2) is 0 Å². The second kappa shape index (κ2) is 3.68. The van der Waals surface area contributed by atoms with Crippen LogP contribution in [0.3, 0.4) is 0 Å². The summed E-state index contributed by atoms with van der Waals surface area (Å²) >= 11 is 4.27. The highest BCUT2D eigenvalue weighted by atomic mass is 32.1. The van der Waals surface area contributed by atoms with Crippen molar-refractivity contribution in [1.82, 2.24) is 0 Å². The summed E-state index contributed by atoms with van der Waals surface area (Å²) in [6.45, 7) is 0. The van der Waals surface area contributed by atoms with Crippen LogP contribution in [-0.2, 0) is 19.1 Å². The monoisotopic (exact) mass is 232 g/mol. The van der Waals surface area contributed by atoms with Crippen molar-refractivity contribution in [3.8, 4) is 0 Å². The van der Waals surface area contributed by atoms with Crippen LogP contribution in [0.1, 0.15) is 6.42 Å². The number of hydrogen-bond donors (Lipinski definition) is 2. The lowest BCUT2D eigenvalue weighted by atomic mass is 9.79. The number of aliphatic carboxylic acids is 1. The molecule has 2 aliphatic rings. The molecule has 0 aromatic carbocycles. The van der Waals surface area contributed by atoms with Crippen molar-refractivity contribution < 1.29 is 24.2 Å². The Kier molecular flexibility index (Phi) is 2.64. The first-order valence-electron chi connectivity index (χ1n) is 4.70. The van der Waals surface area contributed by atoms with Crippen molar-refractivity contribution >= 4 is 24.6 Å². The van der Waals surface area contributed by atoms with Crippen molar-refractivity contribution in [2.75, 3.05) is 7.11 Å². The molecule has 1 N–H and O–H groups in total. The van der Waals surface area contributed by atoms with Gasteiger partial charge in [-0.15, -0.1) is 0 Å². The zero-order chi connectivity index (χ0) is 11.2. The van der Waals surface area contributed by atoms with Gasteiger partial charge in [-0.05, 0) is 6.42 Å². The molecule has 6 heteroatoms. The molecule has 2 rings (SSSR count). The van der Waals surface area contributed by atoms with E-state index in [0.717, 1.165) is 0 Å². The molecule has 84 valence electrons. The van der Waals surface area contributed by atoms with Gasteiger partial charge in [-0.1, -0.05) is 0 Å². The highest BCUT2D eigenvalue weighted by molar-refractivity contribution is 7.81. The largest absolute Gasteiger partial charge is 0.481 e. The van der Waals surface area contributed by atoms with Gasteiger partial charge in [-0.3, -0.25) is 9.59 Å². The number of fused-ring (bicyclic) bond motifs is 2. The van der Waals surface area contributed by atoms with Gasteiger partial charge in [0.25, 0.3) is 0 Å². The van der Waals surface area contributed by atoms with E-state index >= 15 is 0 Å². The van der Waals surface area contributed by atoms with Crippen molar-refractivity contribution in [3.63, 3.8) is 0 Å². The Morgan fingerprint density at radius 1 is 1.47 bits per heavy atom. The molecular weight excluding hydrogens is 220 g/mol. The maximum Gasteiger partial charge on any atom is 0.312 e. The number of carbonyl (C=O) groups is 2. The van der Waals surface area contributed by atoms with E-state index in [2.05, 4.69) is 17.4 Å². The second-order valence-corrected chi connectivity index (χ2v) is 4.52. The van der Waals surface area contributed by atoms with Crippen LogP contribution < -0.4 is 0 Å². The van der Waals surface area contributed by atoms with Gasteiger partial charge in [0.15, 0.2) is 0 Å². The number of carbonyl (C=O) groups excluding carboxylic acids is 1. The minimum Gasteiger partial charge on any atom is -0.481 e. The van der Waals surface area contributed by atoms with Gasteiger partial charge in [0.1, 0.15) is 0 Å². The number of rotatable bonds is 2. The van der Waals surface area contributed by atoms with E-state index in [0.29, 0.717) is 6.42 Å². The van der Waals surface area contributed by atoms with Gasteiger partial charge >= 0.3 is 11.9 Å². The van der Waals surface area contributed by atoms with Crippen molar-refractivity contribution in [1.29, 1.82) is 0 Å². The third-order valence-electron chi connectivity index (χ3n) is 3.08. The fraction of sp³-hybridized carbons (Fsp3) is 0.778. The maximum absolute atomic E-state index is 11.5. The molecule has 15 heavy (non-hydrogen) atoms. The molecule has 0 amide bonds. The van der Waals surface area contributed by atoms with Crippen LogP contribution in [-0.4, -0.2) is 41.6 Å². The number of esters is 1. The van der Waals surface area contributed by atoms with E-state index in [9.17, 15) is 9.59 Å². The van der Waals surface area contributed by atoms with Crippen molar-refractivity contribution in [2.24, 2.45) is 11.8 Å². The number of thiol groups is 1. The number of carboxylic acids is 1. The molecule has 0 radical (unpaired) electrons. The van der Waals surface area contributed by atoms with E-state index in [1.165, 1.54) is 7.11 Å². The average Bonchev–Trinajstić information content (AvgIpc) is 2.71. The quantitative estimate of drug-likeness (QED) is 0.515. The summed E-state index contributed by atoms with van der Waals surface area (Å²) in [5.74, 6) is -3.02. The molecular formula is C9H12O5S. The SMILES string of the molecule is COC(=O)C1C2OC(CC2S)C1C(=O)O. The predicted octanol–water partition coefficient (Wildman–Crippen LogP) is -0.0541. The third kappa shape index (κ3) is 1.52. The zero-order valence-electron chi connectivity index (χ0n) is 8.12. The predicted molar refractivity (Wildman–Crippen MR) is 52.7 cm³/mol. The summed E-state index contributed by atoms with van der Waals surface area (Å²) in [5.41, 5.74) is 0. The molecule has 2 saturated heterocycles. The number of carboxylic acid groups (broad SMARTS) is 1.